The molecule has 5 rings (SSSR count). The molecule has 3 heterocycles. The van der Waals surface area contributed by atoms with Crippen LogP contribution in [0.15, 0.2) is 18.2 Å². The summed E-state index contributed by atoms with van der Waals surface area (Å²) >= 11 is 0. The topological polar surface area (TPSA) is 60.9 Å². The summed E-state index contributed by atoms with van der Waals surface area (Å²) in [7, 11) is 0. The molecule has 1 fully saturated rings. The van der Waals surface area contributed by atoms with Crippen molar-refractivity contribution in [2.75, 3.05) is 6.79 Å². The molecule has 1 aromatic carbocycles. The van der Waals surface area contributed by atoms with E-state index >= 15 is 0 Å². The largest absolute Gasteiger partial charge is 0.454 e. The Morgan fingerprint density at radius 2 is 1.83 bits per heavy atom. The molecule has 1 amide bonds. The zero-order chi connectivity index (χ0) is 16.1. The smallest absolute Gasteiger partial charge is 0.417 e. The van der Waals surface area contributed by atoms with Crippen LogP contribution in [0.3, 0.4) is 0 Å². The number of hydrogen-bond acceptors (Lipinski definition) is 5. The maximum Gasteiger partial charge on any atom is 0.417 e. The van der Waals surface area contributed by atoms with E-state index in [1.807, 2.05) is 23.1 Å². The lowest BCUT2D eigenvalue weighted by Gasteiger charge is -2.36. The van der Waals surface area contributed by atoms with Gasteiger partial charge in [0.1, 0.15) is 0 Å². The zero-order valence-corrected chi connectivity index (χ0v) is 13.3. The van der Waals surface area contributed by atoms with E-state index < -0.39 is 0 Å². The number of nitrogens with zero attached hydrogens (tertiary/aromatic N) is 2. The number of amides is 1. The van der Waals surface area contributed by atoms with Crippen LogP contribution in [0.5, 0.6) is 17.4 Å². The van der Waals surface area contributed by atoms with Crippen molar-refractivity contribution in [1.29, 1.82) is 0 Å². The second-order valence-corrected chi connectivity index (χ2v) is 6.64. The van der Waals surface area contributed by atoms with Crippen LogP contribution in [0.1, 0.15) is 37.7 Å². The fourth-order valence-electron chi connectivity index (χ4n) is 3.85. The van der Waals surface area contributed by atoms with Crippen LogP contribution in [0.25, 0.3) is 10.9 Å². The Kier molecular flexibility index (Phi) is 3.04. The van der Waals surface area contributed by atoms with E-state index in [2.05, 4.69) is 4.98 Å². The second-order valence-electron chi connectivity index (χ2n) is 6.64. The summed E-state index contributed by atoms with van der Waals surface area (Å²) in [5, 5.41) is 0.972. The first kappa shape index (κ1) is 13.9. The predicted molar refractivity (Wildman–Crippen MR) is 86.3 cm³/mol. The number of rotatable bonds is 1. The molecule has 0 spiro atoms. The average Bonchev–Trinajstić information content (AvgIpc) is 3.05. The number of ether oxygens (including phenoxy) is 3. The molecule has 3 aliphatic rings. The zero-order valence-electron chi connectivity index (χ0n) is 13.3. The number of pyridine rings is 1. The van der Waals surface area contributed by atoms with Gasteiger partial charge in [0, 0.05) is 23.1 Å². The highest BCUT2D eigenvalue weighted by atomic mass is 16.7. The summed E-state index contributed by atoms with van der Waals surface area (Å²) in [6.07, 6.45) is 5.47. The van der Waals surface area contributed by atoms with E-state index in [0.29, 0.717) is 18.2 Å². The van der Waals surface area contributed by atoms with E-state index in [4.69, 9.17) is 14.2 Å². The number of carbonyl (C=O) groups excluding carboxylic acids is 1. The Bertz CT molecular complexity index is 829. The maximum absolute atomic E-state index is 12.4. The van der Waals surface area contributed by atoms with Crippen LogP contribution in [-0.2, 0) is 6.54 Å². The lowest BCUT2D eigenvalue weighted by atomic mass is 9.94. The molecule has 124 valence electrons. The Labute approximate surface area is 139 Å². The van der Waals surface area contributed by atoms with Crippen LogP contribution >= 0.6 is 0 Å². The van der Waals surface area contributed by atoms with Gasteiger partial charge in [-0.1, -0.05) is 19.3 Å². The first-order valence-corrected chi connectivity index (χ1v) is 8.50. The van der Waals surface area contributed by atoms with E-state index in [-0.39, 0.29) is 18.9 Å². The van der Waals surface area contributed by atoms with Crippen LogP contribution in [0.2, 0.25) is 0 Å². The summed E-state index contributed by atoms with van der Waals surface area (Å²) in [6.45, 7) is 0.798. The van der Waals surface area contributed by atoms with Crippen molar-refractivity contribution >= 4 is 17.0 Å². The normalized spacial score (nSPS) is 20.2. The molecular weight excluding hydrogens is 308 g/mol. The monoisotopic (exact) mass is 326 g/mol. The Balaban J connectivity index is 1.52. The molecule has 2 aliphatic heterocycles. The van der Waals surface area contributed by atoms with Gasteiger partial charge >= 0.3 is 6.09 Å². The highest BCUT2D eigenvalue weighted by Gasteiger charge is 2.32. The summed E-state index contributed by atoms with van der Waals surface area (Å²) in [4.78, 5) is 18.8. The molecule has 1 saturated carbocycles. The van der Waals surface area contributed by atoms with Crippen molar-refractivity contribution in [2.24, 2.45) is 0 Å². The molecule has 6 nitrogen and oxygen atoms in total. The maximum atomic E-state index is 12.4. The highest BCUT2D eigenvalue weighted by Crippen LogP contribution is 2.38. The van der Waals surface area contributed by atoms with Gasteiger partial charge in [0.15, 0.2) is 11.5 Å². The molecule has 0 atom stereocenters. The van der Waals surface area contributed by atoms with Gasteiger partial charge in [-0.2, -0.15) is 0 Å². The fraction of sp³-hybridized carbons (Fsp3) is 0.444. The van der Waals surface area contributed by atoms with E-state index in [1.54, 1.807) is 0 Å². The third-order valence-electron chi connectivity index (χ3n) is 5.12. The number of hydrogen-bond donors (Lipinski definition) is 0. The second kappa shape index (κ2) is 5.26. The minimum Gasteiger partial charge on any atom is -0.454 e. The van der Waals surface area contributed by atoms with Gasteiger partial charge in [-0.25, -0.2) is 9.78 Å². The SMILES string of the molecule is O=C1Oc2nc3cc4c(cc3cc2CN1C1CCCCC1)OCO4. The summed E-state index contributed by atoms with van der Waals surface area (Å²) in [5.74, 6) is 1.83. The average molecular weight is 326 g/mol. The molecule has 0 N–H and O–H groups in total. The molecule has 0 radical (unpaired) electrons. The van der Waals surface area contributed by atoms with Crippen molar-refractivity contribution in [3.05, 3.63) is 23.8 Å². The Hall–Kier alpha value is -2.50. The van der Waals surface area contributed by atoms with Crippen LogP contribution < -0.4 is 14.2 Å². The molecule has 2 aromatic rings. The summed E-state index contributed by atoms with van der Waals surface area (Å²) < 4.78 is 16.4. The summed E-state index contributed by atoms with van der Waals surface area (Å²) in [6, 6.07) is 6.10. The van der Waals surface area contributed by atoms with E-state index in [9.17, 15) is 4.79 Å². The van der Waals surface area contributed by atoms with Gasteiger partial charge in [0.05, 0.1) is 12.1 Å². The van der Waals surface area contributed by atoms with E-state index in [1.165, 1.54) is 19.3 Å². The minimum absolute atomic E-state index is 0.232. The number of benzene rings is 1. The Morgan fingerprint density at radius 3 is 2.67 bits per heavy atom. The molecule has 6 heteroatoms. The Morgan fingerprint density at radius 1 is 1.04 bits per heavy atom. The first-order chi connectivity index (χ1) is 11.8. The predicted octanol–water partition coefficient (Wildman–Crippen LogP) is 3.61. The van der Waals surface area contributed by atoms with Gasteiger partial charge in [0.2, 0.25) is 12.7 Å². The molecule has 0 saturated heterocycles. The first-order valence-electron chi connectivity index (χ1n) is 8.50. The van der Waals surface area contributed by atoms with Gasteiger partial charge in [0.25, 0.3) is 0 Å². The third kappa shape index (κ3) is 2.17. The minimum atomic E-state index is -0.276. The molecule has 0 bridgehead atoms. The van der Waals surface area contributed by atoms with Crippen LogP contribution in [-0.4, -0.2) is 28.8 Å². The van der Waals surface area contributed by atoms with E-state index in [0.717, 1.165) is 35.1 Å². The molecule has 0 unspecified atom stereocenters. The number of carbonyl (C=O) groups is 1. The fourth-order valence-corrected chi connectivity index (χ4v) is 3.85. The highest BCUT2D eigenvalue weighted by molar-refractivity contribution is 5.85. The quantitative estimate of drug-likeness (QED) is 0.801. The number of fused-ring (bicyclic) bond motifs is 3. The van der Waals surface area contributed by atoms with Gasteiger partial charge in [-0.05, 0) is 25.0 Å². The van der Waals surface area contributed by atoms with Crippen molar-refractivity contribution in [1.82, 2.24) is 9.88 Å². The standard InChI is InChI=1S/C18H18N2O4/c21-18-20(13-4-2-1-3-5-13)9-12-6-11-7-15-16(23-10-22-15)8-14(11)19-17(12)24-18/h6-8,13H,1-5,9-10H2. The number of aromatic nitrogens is 1. The molecular formula is C18H18N2O4. The molecule has 1 aliphatic carbocycles. The van der Waals surface area contributed by atoms with Crippen molar-refractivity contribution in [3.63, 3.8) is 0 Å². The lowest BCUT2D eigenvalue weighted by Crippen LogP contribution is -2.45. The van der Waals surface area contributed by atoms with Crippen molar-refractivity contribution < 1.29 is 19.0 Å². The third-order valence-corrected chi connectivity index (χ3v) is 5.12. The molecule has 1 aromatic heterocycles. The summed E-state index contributed by atoms with van der Waals surface area (Å²) in [5.41, 5.74) is 1.70. The van der Waals surface area contributed by atoms with Crippen molar-refractivity contribution in [2.45, 2.75) is 44.7 Å². The molecule has 24 heavy (non-hydrogen) atoms. The van der Waals surface area contributed by atoms with Crippen LogP contribution in [0.4, 0.5) is 4.79 Å². The van der Waals surface area contributed by atoms with Crippen LogP contribution in [0, 0.1) is 0 Å². The lowest BCUT2D eigenvalue weighted by molar-refractivity contribution is 0.0999. The van der Waals surface area contributed by atoms with Gasteiger partial charge in [-0.3, -0.25) is 0 Å². The van der Waals surface area contributed by atoms with Gasteiger partial charge < -0.3 is 19.1 Å². The van der Waals surface area contributed by atoms with Gasteiger partial charge in [-0.15, -0.1) is 0 Å². The van der Waals surface area contributed by atoms with Crippen molar-refractivity contribution in [3.8, 4) is 17.4 Å².